The molecule has 3 rings (SSSR count). The molecule has 3 atom stereocenters. The monoisotopic (exact) mass is 273 g/mol. The summed E-state index contributed by atoms with van der Waals surface area (Å²) in [6, 6.07) is 11.5. The second-order valence-corrected chi connectivity index (χ2v) is 6.40. The highest BCUT2D eigenvalue weighted by atomic mass is 16.5. The van der Waals surface area contributed by atoms with Crippen LogP contribution in [0.3, 0.4) is 0 Å². The highest BCUT2D eigenvalue weighted by molar-refractivity contribution is 5.20. The highest BCUT2D eigenvalue weighted by Gasteiger charge is 2.33. The van der Waals surface area contributed by atoms with E-state index in [4.69, 9.17) is 4.74 Å². The second-order valence-electron chi connectivity index (χ2n) is 6.40. The first kappa shape index (κ1) is 14.1. The molecule has 2 heteroatoms. The first-order valence-electron chi connectivity index (χ1n) is 8.26. The first-order valence-corrected chi connectivity index (χ1v) is 8.26. The van der Waals surface area contributed by atoms with Crippen molar-refractivity contribution < 1.29 is 4.74 Å². The normalized spacial score (nSPS) is 30.4. The molecule has 0 bridgehead atoms. The largest absolute Gasteiger partial charge is 0.376 e. The SMILES string of the molecule is CCNC1CCC(c2ccccc2)CC1OCC1CC1. The summed E-state index contributed by atoms with van der Waals surface area (Å²) in [5, 5.41) is 3.63. The zero-order valence-corrected chi connectivity index (χ0v) is 12.6. The predicted octanol–water partition coefficient (Wildman–Crippen LogP) is 3.73. The van der Waals surface area contributed by atoms with Gasteiger partial charge in [0.25, 0.3) is 0 Å². The van der Waals surface area contributed by atoms with Crippen LogP contribution >= 0.6 is 0 Å². The molecule has 20 heavy (non-hydrogen) atoms. The van der Waals surface area contributed by atoms with Crippen LogP contribution in [0.2, 0.25) is 0 Å². The Labute approximate surface area is 122 Å². The van der Waals surface area contributed by atoms with Crippen LogP contribution in [0, 0.1) is 5.92 Å². The van der Waals surface area contributed by atoms with Gasteiger partial charge in [0.15, 0.2) is 0 Å². The third-order valence-electron chi connectivity index (χ3n) is 4.77. The molecular weight excluding hydrogens is 246 g/mol. The van der Waals surface area contributed by atoms with Gasteiger partial charge in [0.2, 0.25) is 0 Å². The van der Waals surface area contributed by atoms with Crippen LogP contribution in [0.25, 0.3) is 0 Å². The fourth-order valence-corrected chi connectivity index (χ4v) is 3.38. The van der Waals surface area contributed by atoms with Crippen molar-refractivity contribution in [3.63, 3.8) is 0 Å². The number of benzene rings is 1. The van der Waals surface area contributed by atoms with Crippen molar-refractivity contribution >= 4 is 0 Å². The van der Waals surface area contributed by atoms with E-state index in [0.29, 0.717) is 18.1 Å². The van der Waals surface area contributed by atoms with Crippen LogP contribution in [0.15, 0.2) is 30.3 Å². The average molecular weight is 273 g/mol. The van der Waals surface area contributed by atoms with Crippen molar-refractivity contribution in [1.29, 1.82) is 0 Å². The predicted molar refractivity (Wildman–Crippen MR) is 83.0 cm³/mol. The maximum absolute atomic E-state index is 6.26. The van der Waals surface area contributed by atoms with Crippen molar-refractivity contribution in [2.45, 2.75) is 57.1 Å². The Bertz CT molecular complexity index is 401. The van der Waals surface area contributed by atoms with E-state index in [1.165, 1.54) is 37.7 Å². The molecule has 1 aromatic carbocycles. The molecule has 0 spiro atoms. The first-order chi connectivity index (χ1) is 9.86. The van der Waals surface area contributed by atoms with E-state index in [1.807, 2.05) is 0 Å². The van der Waals surface area contributed by atoms with E-state index in [2.05, 4.69) is 42.6 Å². The van der Waals surface area contributed by atoms with Gasteiger partial charge in [-0.2, -0.15) is 0 Å². The lowest BCUT2D eigenvalue weighted by molar-refractivity contribution is -0.00520. The average Bonchev–Trinajstić information content (AvgIpc) is 3.32. The van der Waals surface area contributed by atoms with Gasteiger partial charge >= 0.3 is 0 Å². The van der Waals surface area contributed by atoms with Crippen molar-refractivity contribution in [2.75, 3.05) is 13.2 Å². The molecule has 0 aromatic heterocycles. The Kier molecular flexibility index (Phi) is 4.74. The fraction of sp³-hybridized carbons (Fsp3) is 0.667. The molecule has 1 aromatic rings. The number of likely N-dealkylation sites (N-methyl/N-ethyl adjacent to an activating group) is 1. The summed E-state index contributed by atoms with van der Waals surface area (Å²) in [5.74, 6) is 1.53. The number of hydrogen-bond acceptors (Lipinski definition) is 2. The zero-order valence-electron chi connectivity index (χ0n) is 12.6. The molecule has 0 saturated heterocycles. The summed E-state index contributed by atoms with van der Waals surface area (Å²) in [6.07, 6.45) is 6.85. The number of ether oxygens (including phenoxy) is 1. The van der Waals surface area contributed by atoms with Crippen LogP contribution in [0.5, 0.6) is 0 Å². The summed E-state index contributed by atoms with van der Waals surface area (Å²) in [5.41, 5.74) is 1.49. The summed E-state index contributed by atoms with van der Waals surface area (Å²) in [7, 11) is 0. The van der Waals surface area contributed by atoms with Gasteiger partial charge in [-0.15, -0.1) is 0 Å². The molecule has 0 heterocycles. The molecule has 110 valence electrons. The van der Waals surface area contributed by atoms with Crippen LogP contribution < -0.4 is 5.32 Å². The molecular formula is C18H27NO. The number of hydrogen-bond donors (Lipinski definition) is 1. The molecule has 2 saturated carbocycles. The lowest BCUT2D eigenvalue weighted by Crippen LogP contribution is -2.45. The van der Waals surface area contributed by atoms with Crippen LogP contribution in [-0.4, -0.2) is 25.3 Å². The zero-order chi connectivity index (χ0) is 13.8. The van der Waals surface area contributed by atoms with Gasteiger partial charge in [-0.05, 0) is 56.0 Å². The van der Waals surface area contributed by atoms with Gasteiger partial charge in [0.05, 0.1) is 6.10 Å². The Morgan fingerprint density at radius 2 is 1.90 bits per heavy atom. The van der Waals surface area contributed by atoms with Gasteiger partial charge in [0, 0.05) is 12.6 Å². The standard InChI is InChI=1S/C18H27NO/c1-2-19-17-11-10-16(15-6-4-3-5-7-15)12-18(17)20-13-14-8-9-14/h3-7,14,16-19H,2,8-13H2,1H3. The molecule has 2 fully saturated rings. The number of rotatable bonds is 6. The van der Waals surface area contributed by atoms with Crippen LogP contribution in [0.4, 0.5) is 0 Å². The van der Waals surface area contributed by atoms with Gasteiger partial charge < -0.3 is 10.1 Å². The highest BCUT2D eigenvalue weighted by Crippen LogP contribution is 2.36. The Morgan fingerprint density at radius 1 is 1.10 bits per heavy atom. The van der Waals surface area contributed by atoms with E-state index in [-0.39, 0.29) is 0 Å². The molecule has 1 N–H and O–H groups in total. The minimum atomic E-state index is 0.398. The smallest absolute Gasteiger partial charge is 0.0733 e. The molecule has 0 radical (unpaired) electrons. The Morgan fingerprint density at radius 3 is 2.60 bits per heavy atom. The van der Waals surface area contributed by atoms with Crippen molar-refractivity contribution in [3.05, 3.63) is 35.9 Å². The van der Waals surface area contributed by atoms with Gasteiger partial charge in [-0.25, -0.2) is 0 Å². The third kappa shape index (κ3) is 3.62. The van der Waals surface area contributed by atoms with Crippen LogP contribution in [0.1, 0.15) is 50.5 Å². The topological polar surface area (TPSA) is 21.3 Å². The quantitative estimate of drug-likeness (QED) is 0.853. The second kappa shape index (κ2) is 6.73. The molecule has 3 unspecified atom stereocenters. The minimum absolute atomic E-state index is 0.398. The molecule has 0 amide bonds. The van der Waals surface area contributed by atoms with Gasteiger partial charge in [-0.3, -0.25) is 0 Å². The lowest BCUT2D eigenvalue weighted by Gasteiger charge is -2.36. The van der Waals surface area contributed by atoms with Gasteiger partial charge in [0.1, 0.15) is 0 Å². The summed E-state index contributed by atoms with van der Waals surface area (Å²) >= 11 is 0. The van der Waals surface area contributed by atoms with Crippen molar-refractivity contribution in [1.82, 2.24) is 5.32 Å². The molecule has 0 aliphatic heterocycles. The third-order valence-corrected chi connectivity index (χ3v) is 4.77. The van der Waals surface area contributed by atoms with E-state index in [0.717, 1.165) is 19.1 Å². The van der Waals surface area contributed by atoms with E-state index < -0.39 is 0 Å². The Balaban J connectivity index is 1.62. The lowest BCUT2D eigenvalue weighted by atomic mass is 9.80. The fourth-order valence-electron chi connectivity index (χ4n) is 3.38. The van der Waals surface area contributed by atoms with Crippen LogP contribution in [-0.2, 0) is 4.74 Å². The van der Waals surface area contributed by atoms with Crippen molar-refractivity contribution in [3.8, 4) is 0 Å². The summed E-state index contributed by atoms with van der Waals surface area (Å²) in [4.78, 5) is 0. The minimum Gasteiger partial charge on any atom is -0.376 e. The number of nitrogens with one attached hydrogen (secondary N) is 1. The summed E-state index contributed by atoms with van der Waals surface area (Å²) in [6.45, 7) is 4.22. The van der Waals surface area contributed by atoms with E-state index >= 15 is 0 Å². The van der Waals surface area contributed by atoms with E-state index in [1.54, 1.807) is 0 Å². The Hall–Kier alpha value is -0.860. The maximum atomic E-state index is 6.26. The molecule has 2 nitrogen and oxygen atoms in total. The van der Waals surface area contributed by atoms with E-state index in [9.17, 15) is 0 Å². The maximum Gasteiger partial charge on any atom is 0.0733 e. The molecule has 2 aliphatic carbocycles. The molecule has 2 aliphatic rings. The van der Waals surface area contributed by atoms with Crippen molar-refractivity contribution in [2.24, 2.45) is 5.92 Å². The summed E-state index contributed by atoms with van der Waals surface area (Å²) < 4.78 is 6.26. The van der Waals surface area contributed by atoms with Gasteiger partial charge in [-0.1, -0.05) is 37.3 Å².